The molecular formula is C30H36N6O4S. The average molecular weight is 577 g/mol. The van der Waals surface area contributed by atoms with Gasteiger partial charge in [0.25, 0.3) is 5.91 Å². The highest BCUT2D eigenvalue weighted by Gasteiger charge is 2.22. The predicted octanol–water partition coefficient (Wildman–Crippen LogP) is 4.76. The summed E-state index contributed by atoms with van der Waals surface area (Å²) in [7, 11) is 3.40. The van der Waals surface area contributed by atoms with E-state index in [1.54, 1.807) is 44.6 Å². The fourth-order valence-corrected chi connectivity index (χ4v) is 5.98. The summed E-state index contributed by atoms with van der Waals surface area (Å²) in [6.07, 6.45) is 7.74. The number of rotatable bonds is 9. The number of H-pyrrole nitrogens is 1. The van der Waals surface area contributed by atoms with Crippen molar-refractivity contribution in [2.75, 3.05) is 19.4 Å². The molecule has 1 aliphatic rings. The van der Waals surface area contributed by atoms with Crippen LogP contribution in [0.2, 0.25) is 0 Å². The maximum absolute atomic E-state index is 13.4. The van der Waals surface area contributed by atoms with Gasteiger partial charge in [-0.15, -0.1) is 11.3 Å². The number of anilines is 1. The molecule has 0 atom stereocenters. The number of carbonyl (C=O) groups is 2. The highest BCUT2D eigenvalue weighted by atomic mass is 32.1. The smallest absolute Gasteiger partial charge is 0.326 e. The second-order valence-electron chi connectivity index (χ2n) is 11.3. The largest absolute Gasteiger partial charge is 0.389 e. The van der Waals surface area contributed by atoms with Gasteiger partial charge in [0.2, 0.25) is 11.9 Å². The molecule has 0 aliphatic heterocycles. The normalized spacial score (nSPS) is 13.9. The van der Waals surface area contributed by atoms with E-state index in [4.69, 9.17) is 4.98 Å². The number of nitrogens with zero attached hydrogens (tertiary/aromatic N) is 4. The molecule has 0 unspecified atom stereocenters. The highest BCUT2D eigenvalue weighted by Crippen LogP contribution is 2.32. The third-order valence-corrected chi connectivity index (χ3v) is 8.35. The van der Waals surface area contributed by atoms with E-state index >= 15 is 0 Å². The summed E-state index contributed by atoms with van der Waals surface area (Å²) in [6.45, 7) is 5.83. The number of aryl methyl sites for hydroxylation is 1. The van der Waals surface area contributed by atoms with E-state index in [0.29, 0.717) is 32.9 Å². The Kier molecular flexibility index (Phi) is 7.76. The van der Waals surface area contributed by atoms with E-state index in [2.05, 4.69) is 29.4 Å². The minimum atomic E-state index is -1.10. The molecule has 1 aliphatic carbocycles. The average Bonchev–Trinajstić information content (AvgIpc) is 3.61. The van der Waals surface area contributed by atoms with Crippen LogP contribution in [0.4, 0.5) is 5.95 Å². The monoisotopic (exact) mass is 576 g/mol. The minimum Gasteiger partial charge on any atom is -0.389 e. The van der Waals surface area contributed by atoms with Gasteiger partial charge < -0.3 is 19.6 Å². The predicted molar refractivity (Wildman–Crippen MR) is 163 cm³/mol. The SMILES string of the molecule is CCC1=CC(c2ccc(C(=O)Nc3nc4cc5c(cc4n3CCC(=O)N(C)C)[nH]c(=O)n5CC(C)(C)O)s2)=CCC1. The highest BCUT2D eigenvalue weighted by molar-refractivity contribution is 7.15. The summed E-state index contributed by atoms with van der Waals surface area (Å²) in [5.74, 6) is -0.0176. The topological polar surface area (TPSA) is 125 Å². The molecule has 1 aromatic carbocycles. The second-order valence-corrected chi connectivity index (χ2v) is 12.4. The van der Waals surface area contributed by atoms with E-state index < -0.39 is 5.60 Å². The summed E-state index contributed by atoms with van der Waals surface area (Å²) in [6, 6.07) is 7.37. The molecule has 3 heterocycles. The number of thiophene rings is 1. The molecule has 10 nitrogen and oxygen atoms in total. The van der Waals surface area contributed by atoms with Crippen LogP contribution >= 0.6 is 11.3 Å². The summed E-state index contributed by atoms with van der Waals surface area (Å²) in [4.78, 5) is 49.2. The first-order chi connectivity index (χ1) is 19.4. The number of imidazole rings is 2. The van der Waals surface area contributed by atoms with Crippen molar-refractivity contribution in [1.29, 1.82) is 0 Å². The van der Waals surface area contributed by atoms with Crippen LogP contribution in [0.15, 0.2) is 46.8 Å². The Balaban J connectivity index is 1.51. The van der Waals surface area contributed by atoms with Gasteiger partial charge in [-0.05, 0) is 62.9 Å². The molecule has 3 aromatic heterocycles. The first-order valence-electron chi connectivity index (χ1n) is 13.8. The zero-order valence-corrected chi connectivity index (χ0v) is 24.9. The number of allylic oxidation sites excluding steroid dienone is 4. The second kappa shape index (κ2) is 11.1. The minimum absolute atomic E-state index is 0.0573. The van der Waals surface area contributed by atoms with E-state index in [1.165, 1.54) is 26.4 Å². The van der Waals surface area contributed by atoms with Crippen molar-refractivity contribution in [3.63, 3.8) is 0 Å². The van der Waals surface area contributed by atoms with Crippen molar-refractivity contribution in [2.24, 2.45) is 0 Å². The molecule has 0 spiro atoms. The molecule has 0 saturated heterocycles. The molecule has 11 heteroatoms. The summed E-state index contributed by atoms with van der Waals surface area (Å²) >= 11 is 1.44. The van der Waals surface area contributed by atoms with Crippen molar-refractivity contribution in [3.8, 4) is 0 Å². The lowest BCUT2D eigenvalue weighted by molar-refractivity contribution is -0.128. The number of benzene rings is 1. The molecule has 5 rings (SSSR count). The Hall–Kier alpha value is -3.96. The Labute approximate surface area is 242 Å². The molecule has 0 bridgehead atoms. The zero-order chi connectivity index (χ0) is 29.5. The van der Waals surface area contributed by atoms with Crippen LogP contribution in [-0.4, -0.2) is 60.6 Å². The summed E-state index contributed by atoms with van der Waals surface area (Å²) < 4.78 is 3.28. The molecule has 41 heavy (non-hydrogen) atoms. The van der Waals surface area contributed by atoms with Crippen molar-refractivity contribution >= 4 is 56.7 Å². The van der Waals surface area contributed by atoms with Crippen molar-refractivity contribution < 1.29 is 14.7 Å². The Morgan fingerprint density at radius 2 is 1.98 bits per heavy atom. The van der Waals surface area contributed by atoms with Crippen LogP contribution in [0.25, 0.3) is 27.6 Å². The van der Waals surface area contributed by atoms with Gasteiger partial charge in [-0.1, -0.05) is 24.6 Å². The maximum atomic E-state index is 13.4. The molecule has 3 N–H and O–H groups in total. The molecule has 216 valence electrons. The number of nitrogens with one attached hydrogen (secondary N) is 2. The first-order valence-corrected chi connectivity index (χ1v) is 14.6. The molecule has 4 aromatic rings. The van der Waals surface area contributed by atoms with Crippen LogP contribution in [0.3, 0.4) is 0 Å². The molecule has 2 amide bonds. The Morgan fingerprint density at radius 1 is 1.20 bits per heavy atom. The van der Waals surface area contributed by atoms with Gasteiger partial charge in [-0.25, -0.2) is 9.78 Å². The fourth-order valence-electron chi connectivity index (χ4n) is 5.07. The number of aliphatic hydroxyl groups is 1. The third-order valence-electron chi connectivity index (χ3n) is 7.22. The summed E-state index contributed by atoms with van der Waals surface area (Å²) in [5, 5.41) is 13.3. The van der Waals surface area contributed by atoms with Crippen LogP contribution < -0.4 is 11.0 Å². The maximum Gasteiger partial charge on any atom is 0.326 e. The van der Waals surface area contributed by atoms with Crippen molar-refractivity contribution in [1.82, 2.24) is 24.0 Å². The number of hydrogen-bond acceptors (Lipinski definition) is 6. The lowest BCUT2D eigenvalue weighted by Crippen LogP contribution is -2.31. The lowest BCUT2D eigenvalue weighted by atomic mass is 9.97. The molecule has 0 saturated carbocycles. The first kappa shape index (κ1) is 28.6. The van der Waals surface area contributed by atoms with Crippen molar-refractivity contribution in [2.45, 2.75) is 65.1 Å². The standard InChI is InChI=1S/C30H36N6O4S/c1-6-18-8-7-9-19(14-18)24-10-11-25(41-24)27(38)33-28-31-20-15-23-21(32-29(39)36(23)17-30(2,3)40)16-22(20)35(28)13-12-26(37)34(4)5/h9-11,14-16,40H,6-8,12-13,17H2,1-5H3,(H,32,39)(H,31,33,38). The number of fused-ring (bicyclic) bond motifs is 2. The summed E-state index contributed by atoms with van der Waals surface area (Å²) in [5.41, 5.74) is 3.54. The van der Waals surface area contributed by atoms with Gasteiger partial charge in [0.05, 0.1) is 39.1 Å². The van der Waals surface area contributed by atoms with Crippen molar-refractivity contribution in [3.05, 3.63) is 62.2 Å². The molecule has 0 fully saturated rings. The van der Waals surface area contributed by atoms with Crippen LogP contribution in [-0.2, 0) is 17.9 Å². The van der Waals surface area contributed by atoms with E-state index in [1.807, 2.05) is 12.1 Å². The molecular weight excluding hydrogens is 540 g/mol. The zero-order valence-electron chi connectivity index (χ0n) is 24.1. The van der Waals surface area contributed by atoms with Gasteiger partial charge in [-0.2, -0.15) is 0 Å². The van der Waals surface area contributed by atoms with Gasteiger partial charge in [-0.3, -0.25) is 19.5 Å². The Morgan fingerprint density at radius 3 is 2.68 bits per heavy atom. The quantitative estimate of drug-likeness (QED) is 0.265. The third kappa shape index (κ3) is 6.06. The van der Waals surface area contributed by atoms with Gasteiger partial charge in [0.1, 0.15) is 0 Å². The van der Waals surface area contributed by atoms with E-state index in [-0.39, 0.29) is 37.0 Å². The number of aromatic nitrogens is 4. The number of hydrogen-bond donors (Lipinski definition) is 3. The van der Waals surface area contributed by atoms with Gasteiger partial charge in [0.15, 0.2) is 0 Å². The van der Waals surface area contributed by atoms with Crippen LogP contribution in [0.5, 0.6) is 0 Å². The van der Waals surface area contributed by atoms with Crippen LogP contribution in [0.1, 0.15) is 61.0 Å². The lowest BCUT2D eigenvalue weighted by Gasteiger charge is -2.17. The van der Waals surface area contributed by atoms with Crippen LogP contribution in [0, 0.1) is 0 Å². The number of aromatic amines is 1. The number of carbonyl (C=O) groups excluding carboxylic acids is 2. The van der Waals surface area contributed by atoms with E-state index in [0.717, 1.165) is 29.7 Å². The molecule has 0 radical (unpaired) electrons. The fraction of sp³-hybridized carbons (Fsp3) is 0.400. The Bertz CT molecular complexity index is 1760. The van der Waals surface area contributed by atoms with Gasteiger partial charge in [0, 0.05) is 31.9 Å². The van der Waals surface area contributed by atoms with Gasteiger partial charge >= 0.3 is 5.69 Å². The number of amides is 2. The van der Waals surface area contributed by atoms with E-state index in [9.17, 15) is 19.5 Å².